The molecule has 1 N–H and O–H groups in total. The van der Waals surface area contributed by atoms with Crippen LogP contribution in [0.2, 0.25) is 0 Å². The van der Waals surface area contributed by atoms with Crippen molar-refractivity contribution in [3.05, 3.63) is 53.7 Å². The van der Waals surface area contributed by atoms with Crippen molar-refractivity contribution in [3.8, 4) is 11.8 Å². The Hall–Kier alpha value is -2.79. The Balaban J connectivity index is 1.90. The van der Waals surface area contributed by atoms with Gasteiger partial charge in [0.25, 0.3) is 0 Å². The highest BCUT2D eigenvalue weighted by Gasteiger charge is 2.30. The molecule has 0 aliphatic rings. The number of aromatic nitrogens is 1. The molecule has 0 saturated carbocycles. The summed E-state index contributed by atoms with van der Waals surface area (Å²) in [5.74, 6) is 0.656. The number of likely N-dealkylation sites (N-methyl/N-ethyl adjacent to an activating group) is 1. The molecule has 25 heavy (non-hydrogen) atoms. The van der Waals surface area contributed by atoms with E-state index in [1.54, 1.807) is 24.1 Å². The van der Waals surface area contributed by atoms with Gasteiger partial charge in [-0.25, -0.2) is 4.98 Å². The first-order valence-electron chi connectivity index (χ1n) is 7.35. The predicted octanol–water partition coefficient (Wildman–Crippen LogP) is 2.85. The molecule has 0 radical (unpaired) electrons. The minimum Gasteiger partial charge on any atom is -0.491 e. The Morgan fingerprint density at radius 2 is 1.96 bits per heavy atom. The van der Waals surface area contributed by atoms with Crippen LogP contribution in [0.25, 0.3) is 0 Å². The molecule has 1 aromatic heterocycles. The molecule has 2 rings (SSSR count). The number of aliphatic hydroxyl groups excluding tert-OH is 1. The highest BCUT2D eigenvalue weighted by Crippen LogP contribution is 2.30. The van der Waals surface area contributed by atoms with Crippen LogP contribution < -0.4 is 9.64 Å². The Morgan fingerprint density at radius 3 is 2.56 bits per heavy atom. The fourth-order valence-corrected chi connectivity index (χ4v) is 2.18. The summed E-state index contributed by atoms with van der Waals surface area (Å²) in [5.41, 5.74) is -0.389. The molecule has 0 unspecified atom stereocenters. The van der Waals surface area contributed by atoms with Gasteiger partial charge in [-0.2, -0.15) is 18.4 Å². The minimum absolute atomic E-state index is 0.107. The molecule has 1 aromatic carbocycles. The second-order valence-electron chi connectivity index (χ2n) is 5.35. The minimum atomic E-state index is -4.40. The molecular weight excluding hydrogens is 335 g/mol. The van der Waals surface area contributed by atoms with Gasteiger partial charge in [-0.15, -0.1) is 0 Å². The molecule has 1 heterocycles. The molecule has 0 fully saturated rings. The fourth-order valence-electron chi connectivity index (χ4n) is 2.18. The van der Waals surface area contributed by atoms with E-state index in [2.05, 4.69) is 4.98 Å². The molecule has 0 amide bonds. The number of ether oxygens (including phenoxy) is 1. The number of nitriles is 1. The predicted molar refractivity (Wildman–Crippen MR) is 85.2 cm³/mol. The number of rotatable bonds is 6. The number of pyridine rings is 1. The number of hydrogen-bond donors (Lipinski definition) is 1. The normalized spacial score (nSPS) is 12.3. The van der Waals surface area contributed by atoms with Gasteiger partial charge in [0.15, 0.2) is 0 Å². The number of hydrogen-bond acceptors (Lipinski definition) is 5. The number of alkyl halides is 3. The van der Waals surface area contributed by atoms with Crippen molar-refractivity contribution < 1.29 is 23.0 Å². The summed E-state index contributed by atoms with van der Waals surface area (Å²) in [4.78, 5) is 5.71. The van der Waals surface area contributed by atoms with E-state index in [0.717, 1.165) is 12.1 Å². The van der Waals surface area contributed by atoms with Gasteiger partial charge >= 0.3 is 6.18 Å². The van der Waals surface area contributed by atoms with E-state index in [1.807, 2.05) is 6.07 Å². The van der Waals surface area contributed by atoms with Crippen molar-refractivity contribution in [2.75, 3.05) is 25.1 Å². The topological polar surface area (TPSA) is 69.4 Å². The first-order chi connectivity index (χ1) is 11.8. The van der Waals surface area contributed by atoms with Crippen LogP contribution >= 0.6 is 0 Å². The number of halogens is 3. The SMILES string of the molecule is CN(C[C@@H](O)COc1ccc(C(F)(F)F)cc1)c1ncccc1C#N. The van der Waals surface area contributed by atoms with Crippen LogP contribution in [0.1, 0.15) is 11.1 Å². The van der Waals surface area contributed by atoms with E-state index in [-0.39, 0.29) is 18.9 Å². The molecule has 0 bridgehead atoms. The average Bonchev–Trinajstić information content (AvgIpc) is 2.59. The summed E-state index contributed by atoms with van der Waals surface area (Å²) in [6.45, 7) is 0.0384. The van der Waals surface area contributed by atoms with Crippen LogP contribution in [0.5, 0.6) is 5.75 Å². The van der Waals surface area contributed by atoms with Gasteiger partial charge in [0.05, 0.1) is 11.1 Å². The lowest BCUT2D eigenvalue weighted by atomic mass is 10.2. The van der Waals surface area contributed by atoms with Gasteiger partial charge < -0.3 is 14.7 Å². The fraction of sp³-hybridized carbons (Fsp3) is 0.294. The number of benzene rings is 1. The maximum absolute atomic E-state index is 12.5. The zero-order chi connectivity index (χ0) is 18.4. The van der Waals surface area contributed by atoms with E-state index >= 15 is 0 Å². The van der Waals surface area contributed by atoms with Crippen LogP contribution in [0.4, 0.5) is 19.0 Å². The quantitative estimate of drug-likeness (QED) is 0.867. The van der Waals surface area contributed by atoms with Crippen molar-refractivity contribution >= 4 is 5.82 Å². The zero-order valence-corrected chi connectivity index (χ0v) is 13.4. The van der Waals surface area contributed by atoms with Gasteiger partial charge in [-0.1, -0.05) is 0 Å². The molecule has 0 aliphatic heterocycles. The molecule has 0 spiro atoms. The first-order valence-corrected chi connectivity index (χ1v) is 7.35. The third-order valence-electron chi connectivity index (χ3n) is 3.38. The van der Waals surface area contributed by atoms with E-state index < -0.39 is 17.8 Å². The van der Waals surface area contributed by atoms with E-state index in [1.165, 1.54) is 18.3 Å². The smallest absolute Gasteiger partial charge is 0.416 e. The van der Waals surface area contributed by atoms with E-state index in [0.29, 0.717) is 11.4 Å². The van der Waals surface area contributed by atoms with Crippen LogP contribution in [0.15, 0.2) is 42.6 Å². The number of aliphatic hydroxyl groups is 1. The zero-order valence-electron chi connectivity index (χ0n) is 13.4. The summed E-state index contributed by atoms with van der Waals surface area (Å²) in [7, 11) is 1.67. The average molecular weight is 351 g/mol. The highest BCUT2D eigenvalue weighted by molar-refractivity contribution is 5.52. The lowest BCUT2D eigenvalue weighted by Crippen LogP contribution is -2.33. The molecule has 0 aliphatic carbocycles. The van der Waals surface area contributed by atoms with Crippen LogP contribution in [0.3, 0.4) is 0 Å². The third-order valence-corrected chi connectivity index (χ3v) is 3.38. The monoisotopic (exact) mass is 351 g/mol. The van der Waals surface area contributed by atoms with Crippen molar-refractivity contribution in [1.29, 1.82) is 5.26 Å². The van der Waals surface area contributed by atoms with E-state index in [4.69, 9.17) is 10.00 Å². The molecule has 2 aromatic rings. The van der Waals surface area contributed by atoms with Crippen LogP contribution in [0, 0.1) is 11.3 Å². The third kappa shape index (κ3) is 5.09. The van der Waals surface area contributed by atoms with Gasteiger partial charge in [0.2, 0.25) is 0 Å². The van der Waals surface area contributed by atoms with Gasteiger partial charge in [0, 0.05) is 19.8 Å². The van der Waals surface area contributed by atoms with Crippen molar-refractivity contribution in [3.63, 3.8) is 0 Å². The van der Waals surface area contributed by atoms with Gasteiger partial charge in [-0.3, -0.25) is 0 Å². The summed E-state index contributed by atoms with van der Waals surface area (Å²) < 4.78 is 42.8. The molecular formula is C17H16F3N3O2. The number of anilines is 1. The second-order valence-corrected chi connectivity index (χ2v) is 5.35. The molecule has 8 heteroatoms. The molecule has 1 atom stereocenters. The van der Waals surface area contributed by atoms with Crippen molar-refractivity contribution in [2.24, 2.45) is 0 Å². The Kier molecular flexibility index (Phi) is 5.83. The first kappa shape index (κ1) is 18.5. The maximum Gasteiger partial charge on any atom is 0.416 e. The lowest BCUT2D eigenvalue weighted by Gasteiger charge is -2.22. The van der Waals surface area contributed by atoms with Gasteiger partial charge in [-0.05, 0) is 36.4 Å². The summed E-state index contributed by atoms with van der Waals surface area (Å²) in [5, 5.41) is 19.1. The van der Waals surface area contributed by atoms with E-state index in [9.17, 15) is 18.3 Å². The Labute approximate surface area is 142 Å². The van der Waals surface area contributed by atoms with Gasteiger partial charge in [0.1, 0.15) is 30.3 Å². The number of nitrogens with zero attached hydrogens (tertiary/aromatic N) is 3. The Morgan fingerprint density at radius 1 is 1.28 bits per heavy atom. The Bertz CT molecular complexity index is 742. The van der Waals surface area contributed by atoms with Crippen LogP contribution in [-0.2, 0) is 6.18 Å². The maximum atomic E-state index is 12.5. The summed E-state index contributed by atoms with van der Waals surface area (Å²) >= 11 is 0. The molecule has 132 valence electrons. The van der Waals surface area contributed by atoms with Crippen molar-refractivity contribution in [1.82, 2.24) is 4.98 Å². The molecule has 5 nitrogen and oxygen atoms in total. The van der Waals surface area contributed by atoms with Crippen molar-refractivity contribution in [2.45, 2.75) is 12.3 Å². The standard InChI is InChI=1S/C17H16F3N3O2/c1-23(16-12(9-21)3-2-8-22-16)10-14(24)11-25-15-6-4-13(5-7-15)17(18,19)20/h2-8,14,24H,10-11H2,1H3/t14-/m1/s1. The molecule has 0 saturated heterocycles. The highest BCUT2D eigenvalue weighted by atomic mass is 19.4. The summed E-state index contributed by atoms with van der Waals surface area (Å²) in [6.07, 6.45) is -3.78. The lowest BCUT2D eigenvalue weighted by molar-refractivity contribution is -0.137. The summed E-state index contributed by atoms with van der Waals surface area (Å²) in [6, 6.07) is 9.51. The van der Waals surface area contributed by atoms with Crippen LogP contribution in [-0.4, -0.2) is 36.4 Å². The second kappa shape index (κ2) is 7.85. The largest absolute Gasteiger partial charge is 0.491 e.